The predicted octanol–water partition coefficient (Wildman–Crippen LogP) is 3.73. The van der Waals surface area contributed by atoms with Crippen LogP contribution in [-0.2, 0) is 22.6 Å². The van der Waals surface area contributed by atoms with Crippen LogP contribution < -0.4 is 0 Å². The van der Waals surface area contributed by atoms with E-state index in [0.29, 0.717) is 30.3 Å². The Balaban J connectivity index is 1.77. The average molecular weight is 354 g/mol. The molecule has 0 saturated carbocycles. The molecule has 2 aromatic heterocycles. The molecule has 136 valence electrons. The van der Waals surface area contributed by atoms with Crippen molar-refractivity contribution in [2.24, 2.45) is 0 Å². The van der Waals surface area contributed by atoms with Crippen LogP contribution in [0.2, 0.25) is 0 Å². The summed E-state index contributed by atoms with van der Waals surface area (Å²) in [5, 5.41) is 4.12. The zero-order valence-electron chi connectivity index (χ0n) is 15.2. The lowest BCUT2D eigenvalue weighted by atomic mass is 10.0. The van der Waals surface area contributed by atoms with Crippen LogP contribution >= 0.6 is 0 Å². The van der Waals surface area contributed by atoms with E-state index in [2.05, 4.69) is 31.1 Å². The first-order valence-corrected chi connectivity index (χ1v) is 8.39. The van der Waals surface area contributed by atoms with E-state index in [-0.39, 0.29) is 12.5 Å². The van der Waals surface area contributed by atoms with Gasteiger partial charge in [-0.1, -0.05) is 17.3 Å². The molecule has 0 radical (unpaired) electrons. The number of nitrogens with zero attached hydrogens (tertiary/aromatic N) is 2. The van der Waals surface area contributed by atoms with E-state index in [0.717, 1.165) is 5.56 Å². The molecule has 0 spiro atoms. The molecular weight excluding hydrogens is 332 g/mol. The fourth-order valence-electron chi connectivity index (χ4n) is 2.65. The fraction of sp³-hybridized carbons (Fsp3) is 0.300. The molecule has 0 unspecified atom stereocenters. The van der Waals surface area contributed by atoms with E-state index in [1.54, 1.807) is 17.2 Å². The molecule has 0 saturated heterocycles. The Hall–Kier alpha value is -2.86. The number of methoxy groups -OCH3 is 1. The number of hydrogen-bond acceptors (Lipinski definition) is 5. The van der Waals surface area contributed by atoms with Gasteiger partial charge in [-0.3, -0.25) is 4.79 Å². The minimum Gasteiger partial charge on any atom is -0.467 e. The lowest BCUT2D eigenvalue weighted by Gasteiger charge is -2.19. The van der Waals surface area contributed by atoms with Crippen LogP contribution in [0, 0.1) is 13.8 Å². The van der Waals surface area contributed by atoms with Gasteiger partial charge in [-0.05, 0) is 43.2 Å². The number of carbonyl (C=O) groups excluding carboxylic acids is 1. The van der Waals surface area contributed by atoms with Gasteiger partial charge in [0.2, 0.25) is 5.91 Å². The van der Waals surface area contributed by atoms with Crippen molar-refractivity contribution in [1.82, 2.24) is 10.1 Å². The highest BCUT2D eigenvalue weighted by Gasteiger charge is 2.18. The zero-order valence-corrected chi connectivity index (χ0v) is 15.2. The third-order valence-electron chi connectivity index (χ3n) is 4.25. The Morgan fingerprint density at radius 3 is 2.69 bits per heavy atom. The van der Waals surface area contributed by atoms with Crippen LogP contribution in [0.4, 0.5) is 0 Å². The van der Waals surface area contributed by atoms with Crippen molar-refractivity contribution in [1.29, 1.82) is 0 Å². The van der Waals surface area contributed by atoms with Gasteiger partial charge >= 0.3 is 0 Å². The van der Waals surface area contributed by atoms with Crippen molar-refractivity contribution >= 4 is 5.91 Å². The summed E-state index contributed by atoms with van der Waals surface area (Å²) in [4.78, 5) is 14.0. The maximum atomic E-state index is 12.3. The van der Waals surface area contributed by atoms with Crippen LogP contribution in [0.15, 0.2) is 51.6 Å². The molecular formula is C20H22N2O4. The highest BCUT2D eigenvalue weighted by molar-refractivity contribution is 5.77. The minimum atomic E-state index is -0.139. The average Bonchev–Trinajstić information content (AvgIpc) is 3.29. The van der Waals surface area contributed by atoms with Gasteiger partial charge in [0, 0.05) is 18.7 Å². The number of benzene rings is 1. The second kappa shape index (κ2) is 8.01. The molecule has 1 amide bonds. The second-order valence-corrected chi connectivity index (χ2v) is 6.24. The van der Waals surface area contributed by atoms with E-state index in [1.807, 2.05) is 18.2 Å². The molecule has 0 aliphatic heterocycles. The SMILES string of the molecule is COCC(=O)N(Cc1cc(-c2ccc(C)c(C)c2)on1)Cc1ccco1. The Labute approximate surface area is 152 Å². The Morgan fingerprint density at radius 2 is 2.00 bits per heavy atom. The Bertz CT molecular complexity index is 868. The van der Waals surface area contributed by atoms with E-state index in [9.17, 15) is 4.79 Å². The van der Waals surface area contributed by atoms with E-state index in [1.165, 1.54) is 18.2 Å². The number of amides is 1. The minimum absolute atomic E-state index is 0.00255. The van der Waals surface area contributed by atoms with Gasteiger partial charge in [0.15, 0.2) is 5.76 Å². The predicted molar refractivity (Wildman–Crippen MR) is 96.3 cm³/mol. The van der Waals surface area contributed by atoms with Crippen molar-refractivity contribution in [2.75, 3.05) is 13.7 Å². The number of aryl methyl sites for hydroxylation is 2. The van der Waals surface area contributed by atoms with Crippen LogP contribution in [-0.4, -0.2) is 29.7 Å². The number of ether oxygens (including phenoxy) is 1. The summed E-state index contributed by atoms with van der Waals surface area (Å²) in [7, 11) is 1.50. The molecule has 6 nitrogen and oxygen atoms in total. The molecule has 26 heavy (non-hydrogen) atoms. The van der Waals surface area contributed by atoms with E-state index in [4.69, 9.17) is 13.7 Å². The standard InChI is InChI=1S/C20H22N2O4/c1-14-6-7-16(9-15(14)2)19-10-17(21-26-19)11-22(20(23)13-24-3)12-18-5-4-8-25-18/h4-10H,11-13H2,1-3H3. The zero-order chi connectivity index (χ0) is 18.5. The highest BCUT2D eigenvalue weighted by atomic mass is 16.5. The molecule has 0 aliphatic carbocycles. The van der Waals surface area contributed by atoms with Gasteiger partial charge in [-0.15, -0.1) is 0 Å². The first-order valence-electron chi connectivity index (χ1n) is 8.39. The van der Waals surface area contributed by atoms with Gasteiger partial charge < -0.3 is 18.6 Å². The molecule has 1 aromatic carbocycles. The second-order valence-electron chi connectivity index (χ2n) is 6.24. The summed E-state index contributed by atoms with van der Waals surface area (Å²) in [6, 6.07) is 11.6. The van der Waals surface area contributed by atoms with Gasteiger partial charge in [-0.2, -0.15) is 0 Å². The molecule has 0 N–H and O–H groups in total. The number of furan rings is 1. The Kier molecular flexibility index (Phi) is 5.53. The summed E-state index contributed by atoms with van der Waals surface area (Å²) in [5.41, 5.74) is 4.06. The summed E-state index contributed by atoms with van der Waals surface area (Å²) in [6.07, 6.45) is 1.59. The van der Waals surface area contributed by atoms with E-state index < -0.39 is 0 Å². The third kappa shape index (κ3) is 4.21. The molecule has 0 atom stereocenters. The summed E-state index contributed by atoms with van der Waals surface area (Å²) in [5.74, 6) is 1.24. The maximum Gasteiger partial charge on any atom is 0.249 e. The quantitative estimate of drug-likeness (QED) is 0.647. The summed E-state index contributed by atoms with van der Waals surface area (Å²) < 4.78 is 15.8. The lowest BCUT2D eigenvalue weighted by molar-refractivity contribution is -0.136. The highest BCUT2D eigenvalue weighted by Crippen LogP contribution is 2.23. The molecule has 2 heterocycles. The van der Waals surface area contributed by atoms with Crippen molar-refractivity contribution in [3.05, 3.63) is 65.2 Å². The first kappa shape index (κ1) is 17.9. The summed E-state index contributed by atoms with van der Waals surface area (Å²) in [6.45, 7) is 4.80. The first-order chi connectivity index (χ1) is 12.6. The van der Waals surface area contributed by atoms with Gasteiger partial charge in [0.25, 0.3) is 0 Å². The van der Waals surface area contributed by atoms with Crippen LogP contribution in [0.5, 0.6) is 0 Å². The smallest absolute Gasteiger partial charge is 0.249 e. The van der Waals surface area contributed by atoms with Crippen LogP contribution in [0.25, 0.3) is 11.3 Å². The third-order valence-corrected chi connectivity index (χ3v) is 4.25. The topological polar surface area (TPSA) is 68.7 Å². The Morgan fingerprint density at radius 1 is 1.15 bits per heavy atom. The number of rotatable bonds is 7. The van der Waals surface area contributed by atoms with Gasteiger partial charge in [0.1, 0.15) is 18.1 Å². The number of hydrogen-bond donors (Lipinski definition) is 0. The van der Waals surface area contributed by atoms with E-state index >= 15 is 0 Å². The molecule has 6 heteroatoms. The monoisotopic (exact) mass is 354 g/mol. The van der Waals surface area contributed by atoms with Crippen molar-refractivity contribution < 1.29 is 18.5 Å². The van der Waals surface area contributed by atoms with Crippen molar-refractivity contribution in [3.63, 3.8) is 0 Å². The maximum absolute atomic E-state index is 12.3. The molecule has 0 aliphatic rings. The van der Waals surface area contributed by atoms with Crippen LogP contribution in [0.3, 0.4) is 0 Å². The number of aromatic nitrogens is 1. The lowest BCUT2D eigenvalue weighted by Crippen LogP contribution is -2.32. The normalized spacial score (nSPS) is 10.9. The number of carbonyl (C=O) groups is 1. The summed E-state index contributed by atoms with van der Waals surface area (Å²) >= 11 is 0. The fourth-order valence-corrected chi connectivity index (χ4v) is 2.65. The molecule has 3 rings (SSSR count). The van der Waals surface area contributed by atoms with Crippen LogP contribution in [0.1, 0.15) is 22.6 Å². The van der Waals surface area contributed by atoms with Crippen molar-refractivity contribution in [2.45, 2.75) is 26.9 Å². The molecule has 0 bridgehead atoms. The van der Waals surface area contributed by atoms with Gasteiger partial charge in [-0.25, -0.2) is 0 Å². The van der Waals surface area contributed by atoms with Crippen molar-refractivity contribution in [3.8, 4) is 11.3 Å². The molecule has 3 aromatic rings. The largest absolute Gasteiger partial charge is 0.467 e. The molecule has 0 fully saturated rings. The van der Waals surface area contributed by atoms with Gasteiger partial charge in [0.05, 0.1) is 19.4 Å².